The summed E-state index contributed by atoms with van der Waals surface area (Å²) in [6, 6.07) is 0. The van der Waals surface area contributed by atoms with E-state index in [-0.39, 0.29) is 16.9 Å². The molecule has 0 rings (SSSR count). The molecule has 3 heteroatoms. The largest absolute Gasteiger partial charge is 0.356 e. The van der Waals surface area contributed by atoms with E-state index in [1.807, 2.05) is 20.8 Å². The van der Waals surface area contributed by atoms with Gasteiger partial charge in [-0.1, -0.05) is 72.1 Å². The predicted octanol–water partition coefficient (Wildman–Crippen LogP) is 5.44. The maximum absolute atomic E-state index is 11.7. The van der Waals surface area contributed by atoms with Gasteiger partial charge in [-0.25, -0.2) is 0 Å². The van der Waals surface area contributed by atoms with E-state index in [1.54, 1.807) is 0 Å². The average Bonchev–Trinajstić information content (AvgIpc) is 2.45. The van der Waals surface area contributed by atoms with Crippen LogP contribution >= 0.6 is 0 Å². The summed E-state index contributed by atoms with van der Waals surface area (Å²) in [6.45, 7) is 14.5. The van der Waals surface area contributed by atoms with Crippen LogP contribution in [0, 0.1) is 5.41 Å². The Kier molecular flexibility index (Phi) is 12.4. The van der Waals surface area contributed by atoms with Gasteiger partial charge in [-0.05, 0) is 40.2 Å². The fraction of sp³-hybridized carbons (Fsp3) is 0.952. The van der Waals surface area contributed by atoms with Crippen molar-refractivity contribution in [3.8, 4) is 0 Å². The molecule has 3 nitrogen and oxygen atoms in total. The van der Waals surface area contributed by atoms with Gasteiger partial charge in [0.2, 0.25) is 5.91 Å². The Bertz CT molecular complexity index is 313. The Morgan fingerprint density at radius 2 is 1.00 bits per heavy atom. The average molecular weight is 341 g/mol. The van der Waals surface area contributed by atoms with Crippen molar-refractivity contribution in [1.82, 2.24) is 10.6 Å². The molecule has 0 saturated carbocycles. The van der Waals surface area contributed by atoms with Gasteiger partial charge in [0.15, 0.2) is 0 Å². The van der Waals surface area contributed by atoms with E-state index in [0.29, 0.717) is 0 Å². The zero-order valence-corrected chi connectivity index (χ0v) is 17.4. The Hall–Kier alpha value is -0.570. The van der Waals surface area contributed by atoms with E-state index >= 15 is 0 Å². The lowest BCUT2D eigenvalue weighted by atomic mass is 9.96. The summed E-state index contributed by atoms with van der Waals surface area (Å²) in [7, 11) is 0. The van der Waals surface area contributed by atoms with Crippen LogP contribution < -0.4 is 10.6 Å². The summed E-state index contributed by atoms with van der Waals surface area (Å²) in [6.07, 6.45) is 13.2. The second-order valence-corrected chi connectivity index (χ2v) is 9.22. The minimum atomic E-state index is -0.261. The molecule has 0 fully saturated rings. The van der Waals surface area contributed by atoms with Gasteiger partial charge in [-0.3, -0.25) is 4.79 Å². The second-order valence-electron chi connectivity index (χ2n) is 9.22. The van der Waals surface area contributed by atoms with Crippen LogP contribution in [0.25, 0.3) is 0 Å². The fourth-order valence-corrected chi connectivity index (χ4v) is 2.59. The van der Waals surface area contributed by atoms with Crippen molar-refractivity contribution in [3.63, 3.8) is 0 Å². The van der Waals surface area contributed by atoms with Gasteiger partial charge in [0, 0.05) is 17.5 Å². The molecule has 24 heavy (non-hydrogen) atoms. The fourth-order valence-electron chi connectivity index (χ4n) is 2.59. The molecule has 0 aromatic carbocycles. The highest BCUT2D eigenvalue weighted by atomic mass is 16.2. The zero-order valence-electron chi connectivity index (χ0n) is 17.4. The third-order valence-electron chi connectivity index (χ3n) is 4.23. The SMILES string of the molecule is CC(C)(C)NCCCCCCCCCCCCNC(=O)C(C)(C)C. The summed E-state index contributed by atoms with van der Waals surface area (Å²) >= 11 is 0. The molecule has 144 valence electrons. The van der Waals surface area contributed by atoms with Gasteiger partial charge >= 0.3 is 0 Å². The van der Waals surface area contributed by atoms with Crippen LogP contribution in [0.5, 0.6) is 0 Å². The Morgan fingerprint density at radius 1 is 0.625 bits per heavy atom. The van der Waals surface area contributed by atoms with Gasteiger partial charge in [0.25, 0.3) is 0 Å². The first kappa shape index (κ1) is 23.4. The van der Waals surface area contributed by atoms with Crippen molar-refractivity contribution >= 4 is 5.91 Å². The van der Waals surface area contributed by atoms with Crippen LogP contribution in [-0.4, -0.2) is 24.5 Å². The molecule has 0 atom stereocenters. The van der Waals surface area contributed by atoms with Crippen molar-refractivity contribution in [2.75, 3.05) is 13.1 Å². The first-order valence-electron chi connectivity index (χ1n) is 10.2. The molecule has 0 aromatic heterocycles. The number of nitrogens with one attached hydrogen (secondary N) is 2. The third-order valence-corrected chi connectivity index (χ3v) is 4.23. The molecular formula is C21H44N2O. The second kappa shape index (κ2) is 12.7. The minimum Gasteiger partial charge on any atom is -0.356 e. The van der Waals surface area contributed by atoms with Crippen LogP contribution in [0.2, 0.25) is 0 Å². The summed E-state index contributed by atoms with van der Waals surface area (Å²) in [5.41, 5.74) is -0.00163. The van der Waals surface area contributed by atoms with Crippen molar-refractivity contribution in [2.45, 2.75) is 111 Å². The molecule has 0 aromatic rings. The molecule has 0 radical (unpaired) electrons. The van der Waals surface area contributed by atoms with Crippen molar-refractivity contribution in [3.05, 3.63) is 0 Å². The Labute approximate surface area is 151 Å². The van der Waals surface area contributed by atoms with Crippen LogP contribution in [0.1, 0.15) is 106 Å². The number of carbonyl (C=O) groups is 1. The summed E-state index contributed by atoms with van der Waals surface area (Å²) in [5, 5.41) is 6.57. The maximum atomic E-state index is 11.7. The Morgan fingerprint density at radius 3 is 1.38 bits per heavy atom. The smallest absolute Gasteiger partial charge is 0.225 e. The van der Waals surface area contributed by atoms with Gasteiger partial charge in [0.1, 0.15) is 0 Å². The van der Waals surface area contributed by atoms with Crippen molar-refractivity contribution < 1.29 is 4.79 Å². The van der Waals surface area contributed by atoms with Crippen LogP contribution in [0.3, 0.4) is 0 Å². The molecule has 0 unspecified atom stereocenters. The van der Waals surface area contributed by atoms with E-state index in [9.17, 15) is 4.79 Å². The molecule has 0 saturated heterocycles. The van der Waals surface area contributed by atoms with E-state index in [4.69, 9.17) is 0 Å². The van der Waals surface area contributed by atoms with Gasteiger partial charge in [0.05, 0.1) is 0 Å². The highest BCUT2D eigenvalue weighted by Gasteiger charge is 2.19. The maximum Gasteiger partial charge on any atom is 0.225 e. The lowest BCUT2D eigenvalue weighted by Gasteiger charge is -2.20. The lowest BCUT2D eigenvalue weighted by Crippen LogP contribution is -2.36. The molecule has 0 bridgehead atoms. The molecular weight excluding hydrogens is 296 g/mol. The van der Waals surface area contributed by atoms with Crippen LogP contribution in [0.15, 0.2) is 0 Å². The molecule has 0 aliphatic rings. The number of carbonyl (C=O) groups excluding carboxylic acids is 1. The topological polar surface area (TPSA) is 41.1 Å². The van der Waals surface area contributed by atoms with Crippen LogP contribution in [0.4, 0.5) is 0 Å². The highest BCUT2D eigenvalue weighted by molar-refractivity contribution is 5.81. The summed E-state index contributed by atoms with van der Waals surface area (Å²) < 4.78 is 0. The molecule has 1 amide bonds. The standard InChI is InChI=1S/C21H44N2O/c1-20(2,3)19(24)22-17-15-13-11-9-7-8-10-12-14-16-18-23-21(4,5)6/h23H,7-18H2,1-6H3,(H,22,24). The molecule has 2 N–H and O–H groups in total. The lowest BCUT2D eigenvalue weighted by molar-refractivity contribution is -0.128. The van der Waals surface area contributed by atoms with Gasteiger partial charge < -0.3 is 10.6 Å². The highest BCUT2D eigenvalue weighted by Crippen LogP contribution is 2.13. The van der Waals surface area contributed by atoms with Crippen molar-refractivity contribution in [1.29, 1.82) is 0 Å². The Balaban J connectivity index is 3.20. The monoisotopic (exact) mass is 340 g/mol. The predicted molar refractivity (Wildman–Crippen MR) is 106 cm³/mol. The first-order valence-corrected chi connectivity index (χ1v) is 10.2. The number of unbranched alkanes of at least 4 members (excludes halogenated alkanes) is 9. The number of hydrogen-bond acceptors (Lipinski definition) is 2. The molecule has 0 aliphatic carbocycles. The minimum absolute atomic E-state index is 0.167. The van der Waals surface area contributed by atoms with E-state index in [0.717, 1.165) is 19.5 Å². The van der Waals surface area contributed by atoms with Crippen LogP contribution in [-0.2, 0) is 4.79 Å². The number of hydrogen-bond donors (Lipinski definition) is 2. The number of rotatable bonds is 13. The first-order chi connectivity index (χ1) is 11.1. The molecule has 0 spiro atoms. The summed E-state index contributed by atoms with van der Waals surface area (Å²) in [4.78, 5) is 11.7. The molecule has 0 heterocycles. The summed E-state index contributed by atoms with van der Waals surface area (Å²) in [5.74, 6) is 0.167. The number of amides is 1. The van der Waals surface area contributed by atoms with Crippen molar-refractivity contribution in [2.24, 2.45) is 5.41 Å². The zero-order chi connectivity index (χ0) is 18.5. The van der Waals surface area contributed by atoms with Gasteiger partial charge in [-0.2, -0.15) is 0 Å². The van der Waals surface area contributed by atoms with E-state index in [2.05, 4.69) is 31.4 Å². The van der Waals surface area contributed by atoms with E-state index in [1.165, 1.54) is 57.8 Å². The third kappa shape index (κ3) is 16.3. The molecule has 0 aliphatic heterocycles. The quantitative estimate of drug-likeness (QED) is 0.438. The normalized spacial score (nSPS) is 12.4. The van der Waals surface area contributed by atoms with E-state index < -0.39 is 0 Å². The van der Waals surface area contributed by atoms with Gasteiger partial charge in [-0.15, -0.1) is 0 Å².